The van der Waals surface area contributed by atoms with Gasteiger partial charge < -0.3 is 0 Å². The lowest BCUT2D eigenvalue weighted by molar-refractivity contribution is 0.978. The summed E-state index contributed by atoms with van der Waals surface area (Å²) in [5.74, 6) is 6.14. The lowest BCUT2D eigenvalue weighted by Crippen LogP contribution is -1.64. The Morgan fingerprint density at radius 2 is 2.00 bits per heavy atom. The molecule has 0 heterocycles. The van der Waals surface area contributed by atoms with E-state index in [9.17, 15) is 0 Å². The highest BCUT2D eigenvalue weighted by atomic mass is 13.8. The molecule has 0 aromatic heterocycles. The smallest absolute Gasteiger partial charge is 0.0123 e. The number of hydrogen-bond donors (Lipinski definition) is 0. The summed E-state index contributed by atoms with van der Waals surface area (Å²) in [5, 5.41) is 0. The van der Waals surface area contributed by atoms with Crippen LogP contribution in [0.4, 0.5) is 0 Å². The zero-order valence-electron chi connectivity index (χ0n) is 6.11. The van der Waals surface area contributed by atoms with E-state index in [-0.39, 0.29) is 0 Å². The predicted octanol–water partition coefficient (Wildman–Crippen LogP) is 2.76. The summed E-state index contributed by atoms with van der Waals surface area (Å²) in [5.41, 5.74) is 0. The molecular formula is C9H14. The fraction of sp³-hybridized carbons (Fsp3) is 0.556. The molecule has 0 N–H and O–H groups in total. The molecule has 0 aliphatic carbocycles. The van der Waals surface area contributed by atoms with Crippen molar-refractivity contribution in [3.63, 3.8) is 0 Å². The summed E-state index contributed by atoms with van der Waals surface area (Å²) in [6, 6.07) is 0. The third-order valence-electron chi connectivity index (χ3n) is 0.973. The Kier molecular flexibility index (Phi) is 6.73. The van der Waals surface area contributed by atoms with Crippen molar-refractivity contribution in [2.24, 2.45) is 0 Å². The van der Waals surface area contributed by atoms with Crippen LogP contribution in [-0.4, -0.2) is 0 Å². The van der Waals surface area contributed by atoms with E-state index in [4.69, 9.17) is 0 Å². The number of allylic oxidation sites excluding steroid dienone is 1. The highest BCUT2D eigenvalue weighted by molar-refractivity contribution is 4.99. The molecule has 0 nitrogen and oxygen atoms in total. The van der Waals surface area contributed by atoms with Crippen molar-refractivity contribution in [2.75, 3.05) is 0 Å². The van der Waals surface area contributed by atoms with Gasteiger partial charge in [-0.25, -0.2) is 0 Å². The third-order valence-corrected chi connectivity index (χ3v) is 0.973. The molecular weight excluding hydrogens is 108 g/mol. The largest absolute Gasteiger partial charge is 0.103 e. The number of hydrogen-bond acceptors (Lipinski definition) is 0. The second-order valence-electron chi connectivity index (χ2n) is 1.93. The predicted molar refractivity (Wildman–Crippen MR) is 42.1 cm³/mol. The monoisotopic (exact) mass is 122 g/mol. The summed E-state index contributed by atoms with van der Waals surface area (Å²) < 4.78 is 0. The SMILES string of the molecule is C=CCCC#CCCC. The van der Waals surface area contributed by atoms with E-state index in [0.29, 0.717) is 0 Å². The minimum Gasteiger partial charge on any atom is -0.103 e. The van der Waals surface area contributed by atoms with E-state index in [1.165, 1.54) is 6.42 Å². The molecule has 0 aromatic carbocycles. The lowest BCUT2D eigenvalue weighted by atomic mass is 10.3. The average Bonchev–Trinajstić information content (AvgIpc) is 1.89. The van der Waals surface area contributed by atoms with Crippen LogP contribution >= 0.6 is 0 Å². The minimum atomic E-state index is 0.976. The van der Waals surface area contributed by atoms with E-state index in [2.05, 4.69) is 25.3 Å². The molecule has 0 atom stereocenters. The topological polar surface area (TPSA) is 0 Å². The third kappa shape index (κ3) is 7.30. The minimum absolute atomic E-state index is 0.976. The van der Waals surface area contributed by atoms with Gasteiger partial charge in [0.2, 0.25) is 0 Å². The molecule has 0 aromatic rings. The van der Waals surface area contributed by atoms with Gasteiger partial charge in [-0.05, 0) is 12.8 Å². The van der Waals surface area contributed by atoms with E-state index in [0.717, 1.165) is 19.3 Å². The molecule has 0 aliphatic rings. The van der Waals surface area contributed by atoms with Gasteiger partial charge in [0.1, 0.15) is 0 Å². The van der Waals surface area contributed by atoms with Gasteiger partial charge in [0.15, 0.2) is 0 Å². The molecule has 0 radical (unpaired) electrons. The molecule has 0 amide bonds. The quantitative estimate of drug-likeness (QED) is 0.307. The van der Waals surface area contributed by atoms with E-state index in [1.54, 1.807) is 0 Å². The van der Waals surface area contributed by atoms with Crippen molar-refractivity contribution in [3.05, 3.63) is 12.7 Å². The van der Waals surface area contributed by atoms with Crippen molar-refractivity contribution < 1.29 is 0 Å². The Morgan fingerprint density at radius 3 is 2.56 bits per heavy atom. The van der Waals surface area contributed by atoms with Crippen molar-refractivity contribution >= 4 is 0 Å². The fourth-order valence-electron chi connectivity index (χ4n) is 0.476. The summed E-state index contributed by atoms with van der Waals surface area (Å²) in [6.07, 6.45) is 6.11. The van der Waals surface area contributed by atoms with Crippen LogP contribution in [0.15, 0.2) is 12.7 Å². The van der Waals surface area contributed by atoms with Crippen molar-refractivity contribution in [2.45, 2.75) is 32.6 Å². The van der Waals surface area contributed by atoms with Crippen LogP contribution in [0.3, 0.4) is 0 Å². The molecule has 0 bridgehead atoms. The van der Waals surface area contributed by atoms with Gasteiger partial charge in [0, 0.05) is 12.8 Å². The second kappa shape index (κ2) is 7.30. The van der Waals surface area contributed by atoms with Crippen molar-refractivity contribution in [1.82, 2.24) is 0 Å². The molecule has 50 valence electrons. The van der Waals surface area contributed by atoms with E-state index < -0.39 is 0 Å². The molecule has 0 saturated heterocycles. The van der Waals surface area contributed by atoms with E-state index in [1.807, 2.05) is 6.08 Å². The van der Waals surface area contributed by atoms with Gasteiger partial charge in [-0.2, -0.15) is 0 Å². The highest BCUT2D eigenvalue weighted by Crippen LogP contribution is 1.87. The first-order valence-electron chi connectivity index (χ1n) is 3.48. The van der Waals surface area contributed by atoms with E-state index >= 15 is 0 Å². The molecule has 0 rings (SSSR count). The lowest BCUT2D eigenvalue weighted by Gasteiger charge is -1.79. The van der Waals surface area contributed by atoms with Crippen molar-refractivity contribution in [1.29, 1.82) is 0 Å². The van der Waals surface area contributed by atoms with Crippen LogP contribution < -0.4 is 0 Å². The Hall–Kier alpha value is -0.700. The molecule has 9 heavy (non-hydrogen) atoms. The van der Waals surface area contributed by atoms with Crippen LogP contribution in [0.2, 0.25) is 0 Å². The zero-order valence-corrected chi connectivity index (χ0v) is 6.11. The average molecular weight is 122 g/mol. The first-order valence-corrected chi connectivity index (χ1v) is 3.48. The summed E-state index contributed by atoms with van der Waals surface area (Å²) >= 11 is 0. The molecule has 0 saturated carbocycles. The Balaban J connectivity index is 3.05. The fourth-order valence-corrected chi connectivity index (χ4v) is 0.476. The summed E-state index contributed by atoms with van der Waals surface area (Å²) in [4.78, 5) is 0. The van der Waals surface area contributed by atoms with Gasteiger partial charge in [-0.1, -0.05) is 13.0 Å². The Labute approximate surface area is 58.0 Å². The maximum absolute atomic E-state index is 3.61. The summed E-state index contributed by atoms with van der Waals surface area (Å²) in [7, 11) is 0. The van der Waals surface area contributed by atoms with Crippen LogP contribution in [0.25, 0.3) is 0 Å². The van der Waals surface area contributed by atoms with Gasteiger partial charge in [-0.15, -0.1) is 18.4 Å². The molecule has 0 fully saturated rings. The number of rotatable bonds is 3. The van der Waals surface area contributed by atoms with Crippen LogP contribution in [0, 0.1) is 11.8 Å². The van der Waals surface area contributed by atoms with Gasteiger partial charge in [0.05, 0.1) is 0 Å². The van der Waals surface area contributed by atoms with Gasteiger partial charge >= 0.3 is 0 Å². The van der Waals surface area contributed by atoms with Crippen LogP contribution in [0.1, 0.15) is 32.6 Å². The highest BCUT2D eigenvalue weighted by Gasteiger charge is 1.71. The first kappa shape index (κ1) is 8.30. The maximum Gasteiger partial charge on any atom is 0.0123 e. The Bertz CT molecular complexity index is 112. The summed E-state index contributed by atoms with van der Waals surface area (Å²) in [6.45, 7) is 5.75. The molecule has 0 spiro atoms. The van der Waals surface area contributed by atoms with Crippen LogP contribution in [0.5, 0.6) is 0 Å². The Morgan fingerprint density at radius 1 is 1.33 bits per heavy atom. The standard InChI is InChI=1S/C9H14/c1-3-5-7-9-8-6-4-2/h3H,1,4-7H2,2H3. The molecule has 0 aliphatic heterocycles. The van der Waals surface area contributed by atoms with Gasteiger partial charge in [0.25, 0.3) is 0 Å². The first-order chi connectivity index (χ1) is 4.41. The van der Waals surface area contributed by atoms with Crippen LogP contribution in [-0.2, 0) is 0 Å². The number of unbranched alkanes of at least 4 members (excludes halogenated alkanes) is 2. The zero-order chi connectivity index (χ0) is 6.95. The molecule has 0 unspecified atom stereocenters. The van der Waals surface area contributed by atoms with Gasteiger partial charge in [-0.3, -0.25) is 0 Å². The molecule has 0 heteroatoms. The maximum atomic E-state index is 3.61. The second-order valence-corrected chi connectivity index (χ2v) is 1.93. The van der Waals surface area contributed by atoms with Crippen molar-refractivity contribution in [3.8, 4) is 11.8 Å². The normalized spacial score (nSPS) is 7.67.